The number of rotatable bonds is 63. The highest BCUT2D eigenvalue weighted by Crippen LogP contribution is 2.38. The molecular weight excluding hydrogens is 1060 g/mol. The van der Waals surface area contributed by atoms with E-state index in [1.54, 1.807) is 0 Å². The van der Waals surface area contributed by atoms with Crippen molar-refractivity contribution in [1.29, 1.82) is 0 Å². The fourth-order valence-corrected chi connectivity index (χ4v) is 10.6. The molecule has 0 aromatic carbocycles. The Morgan fingerprint density at radius 3 is 1.06 bits per heavy atom. The van der Waals surface area contributed by atoms with E-state index >= 15 is 0 Å². The lowest BCUT2D eigenvalue weighted by atomic mass is 10.0. The van der Waals surface area contributed by atoms with Crippen molar-refractivity contribution in [3.63, 3.8) is 0 Å². The molecule has 0 saturated carbocycles. The van der Waals surface area contributed by atoms with E-state index in [0.29, 0.717) is 23.9 Å². The number of phosphoric acid groups is 1. The number of hydrogen-bond acceptors (Lipinski definition) is 6. The first-order valence-electron chi connectivity index (χ1n) is 34.9. The number of allylic oxidation sites excluding steroid dienone is 20. The van der Waals surface area contributed by atoms with Crippen molar-refractivity contribution in [3.8, 4) is 0 Å². The van der Waals surface area contributed by atoms with Crippen LogP contribution in [0.15, 0.2) is 122 Å². The van der Waals surface area contributed by atoms with Gasteiger partial charge < -0.3 is 28.8 Å². The number of aliphatic hydroxyl groups excluding tert-OH is 1. The topological polar surface area (TPSA) is 108 Å². The maximum Gasteiger partial charge on any atom is 0.268 e. The minimum atomic E-state index is -4.59. The number of hydrogen-bond donors (Lipinski definition) is 2. The lowest BCUT2D eigenvalue weighted by Gasteiger charge is -2.30. The molecule has 0 radical (unpaired) electrons. The van der Waals surface area contributed by atoms with Gasteiger partial charge in [-0.1, -0.05) is 322 Å². The second-order valence-electron chi connectivity index (χ2n) is 24.5. The molecule has 3 unspecified atom stereocenters. The molecule has 9 heteroatoms. The van der Waals surface area contributed by atoms with Crippen LogP contribution in [-0.4, -0.2) is 68.5 Å². The molecule has 484 valence electrons. The number of quaternary nitrogens is 1. The first kappa shape index (κ1) is 80.9. The van der Waals surface area contributed by atoms with Crippen molar-refractivity contribution >= 4 is 13.7 Å². The molecule has 0 saturated heterocycles. The highest BCUT2D eigenvalue weighted by atomic mass is 31.2. The SMILES string of the molecule is CC/C=C\C/C=C\C/C=C\C/C=C\C/C=C\C/C=C\C/C=C\C/C=C\C/C=C\C/C=C\CCCCCCCCCCCCC(=O)NC(COP(=O)([O-])OCC[N+](C)(C)C)C(O)CCCCCCCCCCCCCCCCCCCCCCC. The molecule has 0 aliphatic heterocycles. The third kappa shape index (κ3) is 66.4. The van der Waals surface area contributed by atoms with Crippen LogP contribution >= 0.6 is 7.82 Å². The van der Waals surface area contributed by atoms with Gasteiger partial charge in [-0.05, 0) is 89.9 Å². The van der Waals surface area contributed by atoms with E-state index in [4.69, 9.17) is 9.05 Å². The zero-order valence-electron chi connectivity index (χ0n) is 55.3. The van der Waals surface area contributed by atoms with Crippen molar-refractivity contribution in [1.82, 2.24) is 5.32 Å². The van der Waals surface area contributed by atoms with E-state index in [1.807, 2.05) is 21.1 Å². The van der Waals surface area contributed by atoms with Gasteiger partial charge in [-0.3, -0.25) is 9.36 Å². The Labute approximate surface area is 520 Å². The Morgan fingerprint density at radius 2 is 0.726 bits per heavy atom. The largest absolute Gasteiger partial charge is 0.756 e. The fraction of sp³-hybridized carbons (Fsp3) is 0.720. The van der Waals surface area contributed by atoms with Gasteiger partial charge in [-0.15, -0.1) is 0 Å². The molecule has 0 aliphatic rings. The molecule has 3 atom stereocenters. The molecule has 0 spiro atoms. The van der Waals surface area contributed by atoms with Crippen LogP contribution in [0.1, 0.15) is 296 Å². The van der Waals surface area contributed by atoms with Crippen LogP contribution in [0, 0.1) is 0 Å². The first-order chi connectivity index (χ1) is 41.0. The molecule has 2 N–H and O–H groups in total. The summed E-state index contributed by atoms with van der Waals surface area (Å²) >= 11 is 0. The summed E-state index contributed by atoms with van der Waals surface area (Å²) in [5.41, 5.74) is 0. The molecule has 1 amide bonds. The van der Waals surface area contributed by atoms with E-state index < -0.39 is 20.0 Å². The number of likely N-dealkylation sites (N-methyl/N-ethyl adjacent to an activating group) is 1. The molecule has 84 heavy (non-hydrogen) atoms. The van der Waals surface area contributed by atoms with Gasteiger partial charge in [0.1, 0.15) is 13.2 Å². The van der Waals surface area contributed by atoms with Crippen molar-refractivity contribution in [3.05, 3.63) is 122 Å². The maximum atomic E-state index is 13.1. The van der Waals surface area contributed by atoms with Crippen molar-refractivity contribution in [2.45, 2.75) is 309 Å². The Hall–Kier alpha value is -3.10. The molecule has 0 aromatic rings. The molecule has 0 bridgehead atoms. The predicted molar refractivity (Wildman–Crippen MR) is 366 cm³/mol. The predicted octanol–water partition coefficient (Wildman–Crippen LogP) is 21.8. The zero-order chi connectivity index (χ0) is 61.2. The number of unbranched alkanes of at least 4 members (excludes halogenated alkanes) is 30. The summed E-state index contributed by atoms with van der Waals surface area (Å²) in [6.07, 6.45) is 95.5. The number of nitrogens with zero attached hydrogens (tertiary/aromatic N) is 1. The van der Waals surface area contributed by atoms with E-state index in [2.05, 4.69) is 141 Å². The molecule has 8 nitrogen and oxygen atoms in total. The normalized spacial score (nSPS) is 14.4. The van der Waals surface area contributed by atoms with Crippen molar-refractivity contribution in [2.75, 3.05) is 40.9 Å². The van der Waals surface area contributed by atoms with Gasteiger partial charge in [-0.25, -0.2) is 0 Å². The summed E-state index contributed by atoms with van der Waals surface area (Å²) < 4.78 is 23.5. The van der Waals surface area contributed by atoms with Gasteiger partial charge in [0.05, 0.1) is 39.9 Å². The second-order valence-corrected chi connectivity index (χ2v) is 25.9. The van der Waals surface area contributed by atoms with Crippen LogP contribution in [0.2, 0.25) is 0 Å². The highest BCUT2D eigenvalue weighted by molar-refractivity contribution is 7.45. The Kier molecular flexibility index (Phi) is 62.0. The van der Waals surface area contributed by atoms with Crippen LogP contribution in [0.25, 0.3) is 0 Å². The molecule has 0 fully saturated rings. The number of carbonyl (C=O) groups is 1. The molecule has 0 heterocycles. The van der Waals surface area contributed by atoms with E-state index in [-0.39, 0.29) is 19.1 Å². The Bertz CT molecular complexity index is 1780. The summed E-state index contributed by atoms with van der Waals surface area (Å²) in [4.78, 5) is 25.7. The quantitative estimate of drug-likeness (QED) is 0.0272. The molecule has 0 rings (SSSR count). The maximum absolute atomic E-state index is 13.1. The third-order valence-electron chi connectivity index (χ3n) is 15.2. The minimum absolute atomic E-state index is 0.00699. The number of phosphoric ester groups is 1. The van der Waals surface area contributed by atoms with Crippen molar-refractivity contribution < 1.29 is 32.9 Å². The summed E-state index contributed by atoms with van der Waals surface area (Å²) in [6, 6.07) is -0.812. The van der Waals surface area contributed by atoms with Gasteiger partial charge in [0.25, 0.3) is 7.82 Å². The second kappa shape index (κ2) is 64.4. The van der Waals surface area contributed by atoms with Crippen molar-refractivity contribution in [2.24, 2.45) is 0 Å². The molecular formula is C75H133N2O6P. The van der Waals surface area contributed by atoms with E-state index in [1.165, 1.54) is 161 Å². The molecule has 0 aromatic heterocycles. The van der Waals surface area contributed by atoms with Gasteiger partial charge >= 0.3 is 0 Å². The monoisotopic (exact) mass is 1190 g/mol. The lowest BCUT2D eigenvalue weighted by Crippen LogP contribution is -2.46. The summed E-state index contributed by atoms with van der Waals surface area (Å²) in [7, 11) is 1.30. The van der Waals surface area contributed by atoms with Gasteiger partial charge in [0.2, 0.25) is 5.91 Å². The highest BCUT2D eigenvalue weighted by Gasteiger charge is 2.24. The summed E-state index contributed by atoms with van der Waals surface area (Å²) in [5.74, 6) is -0.171. The molecule has 0 aliphatic carbocycles. The summed E-state index contributed by atoms with van der Waals surface area (Å²) in [5, 5.41) is 14.1. The van der Waals surface area contributed by atoms with Gasteiger partial charge in [-0.2, -0.15) is 0 Å². The number of amides is 1. The first-order valence-corrected chi connectivity index (χ1v) is 36.3. The van der Waals surface area contributed by atoms with Crippen LogP contribution in [-0.2, 0) is 18.4 Å². The number of carbonyl (C=O) groups excluding carboxylic acids is 1. The Morgan fingerprint density at radius 1 is 0.429 bits per heavy atom. The van der Waals surface area contributed by atoms with Crippen LogP contribution < -0.4 is 10.2 Å². The average Bonchev–Trinajstić information content (AvgIpc) is 3.56. The third-order valence-corrected chi connectivity index (χ3v) is 16.2. The van der Waals surface area contributed by atoms with Crippen LogP contribution in [0.4, 0.5) is 0 Å². The van der Waals surface area contributed by atoms with Gasteiger partial charge in [0.15, 0.2) is 0 Å². The van der Waals surface area contributed by atoms with E-state index in [9.17, 15) is 19.4 Å². The fourth-order valence-electron chi connectivity index (χ4n) is 9.84. The number of nitrogens with one attached hydrogen (secondary N) is 1. The average molecular weight is 1190 g/mol. The lowest BCUT2D eigenvalue weighted by molar-refractivity contribution is -0.870. The van der Waals surface area contributed by atoms with Crippen LogP contribution in [0.3, 0.4) is 0 Å². The van der Waals surface area contributed by atoms with Crippen LogP contribution in [0.5, 0.6) is 0 Å². The van der Waals surface area contributed by atoms with E-state index in [0.717, 1.165) is 109 Å². The number of aliphatic hydroxyl groups is 1. The minimum Gasteiger partial charge on any atom is -0.756 e. The zero-order valence-corrected chi connectivity index (χ0v) is 56.2. The standard InChI is InChI=1S/C75H133N2O6P/c1-6-8-10-12-14-16-18-20-22-24-26-28-29-30-31-32-33-34-35-36-37-38-39-40-41-42-43-44-45-46-47-49-51-53-55-57-59-61-63-65-67-69-75(79)76-73(72-83-84(80,81)82-71-70-77(3,4)5)74(78)68-66-64-62-60-58-56-54-52-50-48-27-25-23-21-19-17-15-13-11-9-7-2/h8,10,14,16,20,22,26,28,30-31,33-34,36-37,39-40,42-43,45-46,73-74,78H,6-7,9,11-13,15,17-19,21,23-25,27,29,32,35,38,41,44,47-72H2,1-5H3,(H-,76,79,80,81)/b10-8-,16-14-,22-20-,28-26-,31-30-,34-33-,37-36-,40-39-,43-42-,46-45-. The summed E-state index contributed by atoms with van der Waals surface area (Å²) in [6.45, 7) is 4.62. The van der Waals surface area contributed by atoms with Gasteiger partial charge in [0, 0.05) is 6.42 Å². The Balaban J connectivity index is 4.08. The smallest absolute Gasteiger partial charge is 0.268 e.